The van der Waals surface area contributed by atoms with Crippen molar-refractivity contribution in [2.45, 2.75) is 65.2 Å². The van der Waals surface area contributed by atoms with Gasteiger partial charge in [-0.3, -0.25) is 4.79 Å². The van der Waals surface area contributed by atoms with Gasteiger partial charge in [-0.05, 0) is 31.0 Å². The lowest BCUT2D eigenvalue weighted by Crippen LogP contribution is -2.31. The lowest BCUT2D eigenvalue weighted by atomic mass is 10.1. The Morgan fingerprint density at radius 3 is 2.36 bits per heavy atom. The average Bonchev–Trinajstić information content (AvgIpc) is 2.69. The van der Waals surface area contributed by atoms with E-state index in [0.717, 1.165) is 25.7 Å². The second kappa shape index (κ2) is 14.0. The number of benzene rings is 1. The van der Waals surface area contributed by atoms with Gasteiger partial charge in [0.25, 0.3) is 5.91 Å². The third-order valence-corrected chi connectivity index (χ3v) is 4.58. The molecule has 28 heavy (non-hydrogen) atoms. The SMILES string of the molecule is CCCCCCCCOCC(=O)N(C)c1cc(N)ccc1C(=O)OCCCC. The van der Waals surface area contributed by atoms with Crippen LogP contribution in [0.2, 0.25) is 0 Å². The second-order valence-electron chi connectivity index (χ2n) is 7.04. The van der Waals surface area contributed by atoms with Crippen molar-refractivity contribution >= 4 is 23.3 Å². The number of amides is 1. The van der Waals surface area contributed by atoms with Crippen molar-refractivity contribution in [1.82, 2.24) is 0 Å². The molecule has 0 heterocycles. The van der Waals surface area contributed by atoms with Crippen LogP contribution in [0.4, 0.5) is 11.4 Å². The molecule has 6 nitrogen and oxygen atoms in total. The normalized spacial score (nSPS) is 10.7. The molecule has 0 aliphatic rings. The van der Waals surface area contributed by atoms with E-state index < -0.39 is 5.97 Å². The molecule has 0 unspecified atom stereocenters. The molecule has 1 rings (SSSR count). The first-order chi connectivity index (χ1) is 13.5. The number of hydrogen-bond donors (Lipinski definition) is 1. The monoisotopic (exact) mass is 392 g/mol. The molecule has 158 valence electrons. The predicted octanol–water partition coefficient (Wildman–Crippen LogP) is 4.57. The van der Waals surface area contributed by atoms with Crippen molar-refractivity contribution in [3.8, 4) is 0 Å². The molecule has 0 bridgehead atoms. The van der Waals surface area contributed by atoms with Crippen LogP contribution in [0.1, 0.15) is 75.6 Å². The molecule has 1 aromatic rings. The summed E-state index contributed by atoms with van der Waals surface area (Å²) < 4.78 is 10.8. The van der Waals surface area contributed by atoms with Crippen molar-refractivity contribution in [3.05, 3.63) is 23.8 Å². The van der Waals surface area contributed by atoms with E-state index in [1.165, 1.54) is 30.6 Å². The van der Waals surface area contributed by atoms with Crippen LogP contribution in [0.3, 0.4) is 0 Å². The zero-order valence-corrected chi connectivity index (χ0v) is 17.7. The van der Waals surface area contributed by atoms with Crippen LogP contribution >= 0.6 is 0 Å². The number of likely N-dealkylation sites (N-methyl/N-ethyl adjacent to an activating group) is 1. The summed E-state index contributed by atoms with van der Waals surface area (Å²) in [6.45, 7) is 5.12. The summed E-state index contributed by atoms with van der Waals surface area (Å²) in [4.78, 5) is 26.2. The minimum atomic E-state index is -0.448. The third-order valence-electron chi connectivity index (χ3n) is 4.58. The maximum atomic E-state index is 12.5. The molecule has 0 saturated heterocycles. The molecule has 2 N–H and O–H groups in total. The van der Waals surface area contributed by atoms with E-state index in [2.05, 4.69) is 6.92 Å². The standard InChI is InChI=1S/C22H36N2O4/c1-4-6-8-9-10-11-14-27-17-21(25)24(3)20-16-18(23)12-13-19(20)22(26)28-15-7-5-2/h12-13,16H,4-11,14-15,17,23H2,1-3H3. The topological polar surface area (TPSA) is 81.9 Å². The number of esters is 1. The number of carbonyl (C=O) groups is 2. The third kappa shape index (κ3) is 8.74. The molecular weight excluding hydrogens is 356 g/mol. The zero-order valence-electron chi connectivity index (χ0n) is 17.7. The van der Waals surface area contributed by atoms with Gasteiger partial charge in [-0.15, -0.1) is 0 Å². The fourth-order valence-electron chi connectivity index (χ4n) is 2.76. The molecule has 0 aliphatic carbocycles. The highest BCUT2D eigenvalue weighted by Crippen LogP contribution is 2.24. The zero-order chi connectivity index (χ0) is 20.8. The van der Waals surface area contributed by atoms with Crippen molar-refractivity contribution in [3.63, 3.8) is 0 Å². The summed E-state index contributed by atoms with van der Waals surface area (Å²) in [5.41, 5.74) is 7.11. The molecule has 1 amide bonds. The largest absolute Gasteiger partial charge is 0.462 e. The molecular formula is C22H36N2O4. The number of nitrogen functional groups attached to an aromatic ring is 1. The fourth-order valence-corrected chi connectivity index (χ4v) is 2.76. The van der Waals surface area contributed by atoms with Crippen LogP contribution in [0.25, 0.3) is 0 Å². The highest BCUT2D eigenvalue weighted by atomic mass is 16.5. The summed E-state index contributed by atoms with van der Waals surface area (Å²) in [5.74, 6) is -0.671. The van der Waals surface area contributed by atoms with Crippen LogP contribution in [0.15, 0.2) is 18.2 Å². The van der Waals surface area contributed by atoms with Gasteiger partial charge < -0.3 is 20.1 Å². The van der Waals surface area contributed by atoms with Crippen LogP contribution in [-0.4, -0.2) is 38.7 Å². The first-order valence-corrected chi connectivity index (χ1v) is 10.4. The molecule has 0 spiro atoms. The van der Waals surface area contributed by atoms with Gasteiger partial charge in [0.15, 0.2) is 0 Å². The molecule has 0 radical (unpaired) electrons. The summed E-state index contributed by atoms with van der Waals surface area (Å²) in [6.07, 6.45) is 8.78. The van der Waals surface area contributed by atoms with Crippen molar-refractivity contribution in [2.24, 2.45) is 0 Å². The van der Waals surface area contributed by atoms with Gasteiger partial charge in [0.2, 0.25) is 0 Å². The number of nitrogens with two attached hydrogens (primary N) is 1. The smallest absolute Gasteiger partial charge is 0.340 e. The van der Waals surface area contributed by atoms with Gasteiger partial charge in [-0.25, -0.2) is 4.79 Å². The maximum Gasteiger partial charge on any atom is 0.340 e. The van der Waals surface area contributed by atoms with Crippen LogP contribution in [0, 0.1) is 0 Å². The Hall–Kier alpha value is -2.08. The number of unbranched alkanes of at least 4 members (excludes halogenated alkanes) is 6. The number of carbonyl (C=O) groups excluding carboxylic acids is 2. The van der Waals surface area contributed by atoms with E-state index in [1.54, 1.807) is 25.2 Å². The molecule has 0 aromatic heterocycles. The molecule has 0 saturated carbocycles. The summed E-state index contributed by atoms with van der Waals surface area (Å²) in [7, 11) is 1.62. The van der Waals surface area contributed by atoms with Crippen LogP contribution in [0.5, 0.6) is 0 Å². The minimum absolute atomic E-state index is 0.0232. The van der Waals surface area contributed by atoms with Gasteiger partial charge in [-0.2, -0.15) is 0 Å². The van der Waals surface area contributed by atoms with E-state index in [0.29, 0.717) is 30.2 Å². The number of anilines is 2. The summed E-state index contributed by atoms with van der Waals surface area (Å²) in [5, 5.41) is 0. The Bertz CT molecular complexity index is 604. The molecule has 1 aromatic carbocycles. The lowest BCUT2D eigenvalue weighted by Gasteiger charge is -2.20. The fraction of sp³-hybridized carbons (Fsp3) is 0.636. The maximum absolute atomic E-state index is 12.5. The quantitative estimate of drug-likeness (QED) is 0.285. The Balaban J connectivity index is 2.55. The van der Waals surface area contributed by atoms with E-state index in [9.17, 15) is 9.59 Å². The number of rotatable bonds is 14. The Kier molecular flexibility index (Phi) is 12.0. The van der Waals surface area contributed by atoms with Crippen molar-refractivity contribution < 1.29 is 19.1 Å². The number of nitrogens with zero attached hydrogens (tertiary/aromatic N) is 1. The molecule has 6 heteroatoms. The first-order valence-electron chi connectivity index (χ1n) is 10.4. The Morgan fingerprint density at radius 2 is 1.64 bits per heavy atom. The highest BCUT2D eigenvalue weighted by molar-refractivity contribution is 6.03. The van der Waals surface area contributed by atoms with Crippen molar-refractivity contribution in [1.29, 1.82) is 0 Å². The van der Waals surface area contributed by atoms with Crippen molar-refractivity contribution in [2.75, 3.05) is 37.5 Å². The second-order valence-corrected chi connectivity index (χ2v) is 7.04. The minimum Gasteiger partial charge on any atom is -0.462 e. The summed E-state index contributed by atoms with van der Waals surface area (Å²) in [6, 6.07) is 4.84. The van der Waals surface area contributed by atoms with Gasteiger partial charge in [0, 0.05) is 19.3 Å². The highest BCUT2D eigenvalue weighted by Gasteiger charge is 2.20. The predicted molar refractivity (Wildman–Crippen MR) is 114 cm³/mol. The van der Waals surface area contributed by atoms with Crippen LogP contribution < -0.4 is 10.6 Å². The van der Waals surface area contributed by atoms with Crippen LogP contribution in [-0.2, 0) is 14.3 Å². The van der Waals surface area contributed by atoms with E-state index in [-0.39, 0.29) is 12.5 Å². The molecule has 0 fully saturated rings. The lowest BCUT2D eigenvalue weighted by molar-refractivity contribution is -0.122. The van der Waals surface area contributed by atoms with E-state index >= 15 is 0 Å². The average molecular weight is 393 g/mol. The summed E-state index contributed by atoms with van der Waals surface area (Å²) >= 11 is 0. The van der Waals surface area contributed by atoms with E-state index in [1.807, 2.05) is 6.92 Å². The number of hydrogen-bond acceptors (Lipinski definition) is 5. The molecule has 0 atom stereocenters. The molecule has 0 aliphatic heterocycles. The van der Waals surface area contributed by atoms with Gasteiger partial charge in [0.05, 0.1) is 17.9 Å². The Morgan fingerprint density at radius 1 is 0.964 bits per heavy atom. The van der Waals surface area contributed by atoms with Gasteiger partial charge in [-0.1, -0.05) is 52.4 Å². The van der Waals surface area contributed by atoms with Gasteiger partial charge >= 0.3 is 5.97 Å². The number of ether oxygens (including phenoxy) is 2. The van der Waals surface area contributed by atoms with E-state index in [4.69, 9.17) is 15.2 Å². The Labute approximate surface area is 169 Å². The first kappa shape index (κ1) is 24.0. The van der Waals surface area contributed by atoms with Gasteiger partial charge in [0.1, 0.15) is 6.61 Å².